The van der Waals surface area contributed by atoms with Crippen molar-refractivity contribution in [3.8, 4) is 5.75 Å². The number of phenols is 1. The van der Waals surface area contributed by atoms with Gasteiger partial charge in [-0.05, 0) is 19.1 Å². The molecular formula is C10H11NO. The first-order chi connectivity index (χ1) is 5.83. The Morgan fingerprint density at radius 1 is 1.33 bits per heavy atom. The molecule has 1 aromatic heterocycles. The molecule has 0 aliphatic heterocycles. The first-order valence-electron chi connectivity index (χ1n) is 4.09. The minimum absolute atomic E-state index is 0.361. The van der Waals surface area contributed by atoms with Gasteiger partial charge in [0.05, 0.1) is 5.52 Å². The van der Waals surface area contributed by atoms with Crippen LogP contribution in [0.2, 0.25) is 0 Å². The molecule has 62 valence electrons. The summed E-state index contributed by atoms with van der Waals surface area (Å²) >= 11 is 0. The van der Waals surface area contributed by atoms with Crippen molar-refractivity contribution < 1.29 is 5.11 Å². The van der Waals surface area contributed by atoms with Crippen LogP contribution in [-0.2, 0) is 6.54 Å². The number of rotatable bonds is 1. The first kappa shape index (κ1) is 7.22. The molecule has 12 heavy (non-hydrogen) atoms. The summed E-state index contributed by atoms with van der Waals surface area (Å²) in [4.78, 5) is 0. The fraction of sp³-hybridized carbons (Fsp3) is 0.200. The number of aromatic hydroxyl groups is 1. The first-order valence-corrected chi connectivity index (χ1v) is 4.09. The van der Waals surface area contributed by atoms with Gasteiger partial charge in [-0.2, -0.15) is 0 Å². The van der Waals surface area contributed by atoms with E-state index >= 15 is 0 Å². The Morgan fingerprint density at radius 3 is 2.92 bits per heavy atom. The molecule has 1 heterocycles. The maximum absolute atomic E-state index is 9.55. The maximum atomic E-state index is 9.55. The number of benzene rings is 1. The lowest BCUT2D eigenvalue weighted by Crippen LogP contribution is -1.90. The Kier molecular flexibility index (Phi) is 1.54. The Balaban J connectivity index is 2.83. The molecule has 0 spiro atoms. The SMILES string of the molecule is CCn1ccc2cccc(O)c21. The molecule has 0 unspecified atom stereocenters. The third-order valence-corrected chi connectivity index (χ3v) is 2.11. The minimum atomic E-state index is 0.361. The van der Waals surface area contributed by atoms with Gasteiger partial charge in [0.25, 0.3) is 0 Å². The van der Waals surface area contributed by atoms with Gasteiger partial charge in [0.1, 0.15) is 5.75 Å². The molecule has 0 saturated carbocycles. The third-order valence-electron chi connectivity index (χ3n) is 2.11. The van der Waals surface area contributed by atoms with Gasteiger partial charge >= 0.3 is 0 Å². The number of nitrogens with zero attached hydrogens (tertiary/aromatic N) is 1. The summed E-state index contributed by atoms with van der Waals surface area (Å²) in [6.45, 7) is 2.95. The summed E-state index contributed by atoms with van der Waals surface area (Å²) in [5.41, 5.74) is 0.931. The predicted molar refractivity (Wildman–Crippen MR) is 49.3 cm³/mol. The molecule has 2 heteroatoms. The molecule has 0 aliphatic rings. The third kappa shape index (κ3) is 0.881. The van der Waals surface area contributed by atoms with Crippen LogP contribution >= 0.6 is 0 Å². The van der Waals surface area contributed by atoms with E-state index in [1.165, 1.54) is 0 Å². The second-order valence-corrected chi connectivity index (χ2v) is 2.82. The molecular weight excluding hydrogens is 150 g/mol. The van der Waals surface area contributed by atoms with Gasteiger partial charge in [-0.15, -0.1) is 0 Å². The molecule has 0 bridgehead atoms. The Hall–Kier alpha value is -1.44. The van der Waals surface area contributed by atoms with E-state index in [0.717, 1.165) is 17.4 Å². The topological polar surface area (TPSA) is 25.2 Å². The van der Waals surface area contributed by atoms with E-state index in [4.69, 9.17) is 0 Å². The number of phenolic OH excluding ortho intramolecular Hbond substituents is 1. The summed E-state index contributed by atoms with van der Waals surface area (Å²) < 4.78 is 2.03. The van der Waals surface area contributed by atoms with Crippen molar-refractivity contribution in [1.29, 1.82) is 0 Å². The molecule has 0 saturated heterocycles. The van der Waals surface area contributed by atoms with Gasteiger partial charge in [0, 0.05) is 18.1 Å². The fourth-order valence-corrected chi connectivity index (χ4v) is 1.50. The number of aromatic nitrogens is 1. The molecule has 0 fully saturated rings. The Bertz CT molecular complexity index is 403. The average Bonchev–Trinajstić information content (AvgIpc) is 2.49. The van der Waals surface area contributed by atoms with E-state index in [0.29, 0.717) is 5.75 Å². The van der Waals surface area contributed by atoms with E-state index in [-0.39, 0.29) is 0 Å². The van der Waals surface area contributed by atoms with Crippen LogP contribution in [0.3, 0.4) is 0 Å². The van der Waals surface area contributed by atoms with E-state index < -0.39 is 0 Å². The number of aryl methyl sites for hydroxylation is 1. The van der Waals surface area contributed by atoms with Crippen molar-refractivity contribution in [3.63, 3.8) is 0 Å². The highest BCUT2D eigenvalue weighted by molar-refractivity contribution is 5.85. The number of para-hydroxylation sites is 1. The standard InChI is InChI=1S/C10H11NO/c1-2-11-7-6-8-4-3-5-9(12)10(8)11/h3-7,12H,2H2,1H3. The van der Waals surface area contributed by atoms with Crippen LogP contribution in [0.5, 0.6) is 5.75 Å². The van der Waals surface area contributed by atoms with Gasteiger partial charge < -0.3 is 9.67 Å². The maximum Gasteiger partial charge on any atom is 0.139 e. The van der Waals surface area contributed by atoms with E-state index in [1.807, 2.05) is 29.0 Å². The second-order valence-electron chi connectivity index (χ2n) is 2.82. The summed E-state index contributed by atoms with van der Waals surface area (Å²) in [7, 11) is 0. The summed E-state index contributed by atoms with van der Waals surface area (Å²) in [6, 6.07) is 7.59. The number of fused-ring (bicyclic) bond motifs is 1. The molecule has 0 aliphatic carbocycles. The van der Waals surface area contributed by atoms with Crippen LogP contribution in [0.1, 0.15) is 6.92 Å². The zero-order chi connectivity index (χ0) is 8.55. The highest BCUT2D eigenvalue weighted by Gasteiger charge is 2.02. The van der Waals surface area contributed by atoms with Crippen molar-refractivity contribution in [2.24, 2.45) is 0 Å². The Labute approximate surface area is 71.1 Å². The van der Waals surface area contributed by atoms with Gasteiger partial charge in [0.15, 0.2) is 0 Å². The highest BCUT2D eigenvalue weighted by Crippen LogP contribution is 2.24. The van der Waals surface area contributed by atoms with Gasteiger partial charge in [-0.25, -0.2) is 0 Å². The lowest BCUT2D eigenvalue weighted by Gasteiger charge is -2.01. The molecule has 1 N–H and O–H groups in total. The zero-order valence-corrected chi connectivity index (χ0v) is 6.99. The van der Waals surface area contributed by atoms with Crippen LogP contribution in [0.25, 0.3) is 10.9 Å². The van der Waals surface area contributed by atoms with Crippen molar-refractivity contribution in [2.45, 2.75) is 13.5 Å². The van der Waals surface area contributed by atoms with E-state index in [1.54, 1.807) is 6.07 Å². The van der Waals surface area contributed by atoms with Crippen LogP contribution in [0, 0.1) is 0 Å². The van der Waals surface area contributed by atoms with E-state index in [9.17, 15) is 5.11 Å². The van der Waals surface area contributed by atoms with Gasteiger partial charge in [-0.3, -0.25) is 0 Å². The van der Waals surface area contributed by atoms with Gasteiger partial charge in [-0.1, -0.05) is 12.1 Å². The summed E-state index contributed by atoms with van der Waals surface area (Å²) in [6.07, 6.45) is 1.99. The molecule has 2 nitrogen and oxygen atoms in total. The largest absolute Gasteiger partial charge is 0.506 e. The zero-order valence-electron chi connectivity index (χ0n) is 6.99. The Morgan fingerprint density at radius 2 is 2.17 bits per heavy atom. The molecule has 2 aromatic rings. The normalized spacial score (nSPS) is 10.8. The molecule has 2 rings (SSSR count). The second kappa shape index (κ2) is 2.55. The molecule has 1 aromatic carbocycles. The van der Waals surface area contributed by atoms with Crippen LogP contribution in [-0.4, -0.2) is 9.67 Å². The smallest absolute Gasteiger partial charge is 0.139 e. The van der Waals surface area contributed by atoms with E-state index in [2.05, 4.69) is 6.92 Å². The van der Waals surface area contributed by atoms with Crippen molar-refractivity contribution in [1.82, 2.24) is 4.57 Å². The van der Waals surface area contributed by atoms with Crippen LogP contribution in [0.15, 0.2) is 30.5 Å². The van der Waals surface area contributed by atoms with Crippen molar-refractivity contribution >= 4 is 10.9 Å². The van der Waals surface area contributed by atoms with Crippen molar-refractivity contribution in [3.05, 3.63) is 30.5 Å². The fourth-order valence-electron chi connectivity index (χ4n) is 1.50. The minimum Gasteiger partial charge on any atom is -0.506 e. The van der Waals surface area contributed by atoms with Crippen LogP contribution < -0.4 is 0 Å². The molecule has 0 radical (unpaired) electrons. The van der Waals surface area contributed by atoms with Crippen molar-refractivity contribution in [2.75, 3.05) is 0 Å². The molecule has 0 atom stereocenters. The lowest BCUT2D eigenvalue weighted by molar-refractivity contribution is 0.478. The number of hydrogen-bond acceptors (Lipinski definition) is 1. The quantitative estimate of drug-likeness (QED) is 0.682. The summed E-state index contributed by atoms with van der Waals surface area (Å²) in [5.74, 6) is 0.361. The lowest BCUT2D eigenvalue weighted by atomic mass is 10.2. The predicted octanol–water partition coefficient (Wildman–Crippen LogP) is 2.37. The molecule has 0 amide bonds. The summed E-state index contributed by atoms with van der Waals surface area (Å²) in [5, 5.41) is 10.6. The monoisotopic (exact) mass is 161 g/mol. The number of hydrogen-bond donors (Lipinski definition) is 1. The average molecular weight is 161 g/mol. The van der Waals surface area contributed by atoms with Crippen LogP contribution in [0.4, 0.5) is 0 Å². The highest BCUT2D eigenvalue weighted by atomic mass is 16.3. The van der Waals surface area contributed by atoms with Gasteiger partial charge in [0.2, 0.25) is 0 Å².